The van der Waals surface area contributed by atoms with E-state index in [2.05, 4.69) is 35.4 Å². The second-order valence-electron chi connectivity index (χ2n) is 3.92. The van der Waals surface area contributed by atoms with Gasteiger partial charge < -0.3 is 5.32 Å². The van der Waals surface area contributed by atoms with E-state index in [-0.39, 0.29) is 0 Å². The Balaban J connectivity index is 2.43. The summed E-state index contributed by atoms with van der Waals surface area (Å²) in [7, 11) is 0. The Bertz CT molecular complexity index is 289. The van der Waals surface area contributed by atoms with Crippen molar-refractivity contribution in [1.82, 2.24) is 15.3 Å². The van der Waals surface area contributed by atoms with Gasteiger partial charge in [-0.2, -0.15) is 11.8 Å². The van der Waals surface area contributed by atoms with Gasteiger partial charge in [-0.15, -0.1) is 0 Å². The van der Waals surface area contributed by atoms with E-state index < -0.39 is 0 Å². The first-order chi connectivity index (χ1) is 7.22. The van der Waals surface area contributed by atoms with Crippen LogP contribution in [0.3, 0.4) is 0 Å². The van der Waals surface area contributed by atoms with E-state index in [1.54, 1.807) is 11.8 Å². The maximum absolute atomic E-state index is 4.46. The summed E-state index contributed by atoms with van der Waals surface area (Å²) < 4.78 is 0. The van der Waals surface area contributed by atoms with E-state index in [0.29, 0.717) is 5.92 Å². The van der Waals surface area contributed by atoms with Gasteiger partial charge in [-0.3, -0.25) is 0 Å². The fourth-order valence-corrected chi connectivity index (χ4v) is 1.62. The molecule has 1 N–H and O–H groups in total. The SMILES string of the molecule is CSCc1nccc(CNCC(C)C)n1. The van der Waals surface area contributed by atoms with Crippen molar-refractivity contribution in [2.24, 2.45) is 5.92 Å². The molecule has 1 heterocycles. The lowest BCUT2D eigenvalue weighted by Crippen LogP contribution is -2.19. The summed E-state index contributed by atoms with van der Waals surface area (Å²) in [4.78, 5) is 8.68. The molecule has 0 saturated carbocycles. The largest absolute Gasteiger partial charge is 0.311 e. The van der Waals surface area contributed by atoms with E-state index in [0.717, 1.165) is 30.4 Å². The Morgan fingerprint density at radius 2 is 2.27 bits per heavy atom. The van der Waals surface area contributed by atoms with Crippen LogP contribution in [0.1, 0.15) is 25.4 Å². The summed E-state index contributed by atoms with van der Waals surface area (Å²) >= 11 is 1.75. The number of hydrogen-bond donors (Lipinski definition) is 1. The quantitative estimate of drug-likeness (QED) is 0.804. The highest BCUT2D eigenvalue weighted by Crippen LogP contribution is 2.04. The van der Waals surface area contributed by atoms with Gasteiger partial charge in [-0.05, 0) is 24.8 Å². The molecule has 1 rings (SSSR count). The molecule has 15 heavy (non-hydrogen) atoms. The van der Waals surface area contributed by atoms with Crippen LogP contribution in [0.4, 0.5) is 0 Å². The van der Waals surface area contributed by atoms with E-state index in [1.807, 2.05) is 12.3 Å². The van der Waals surface area contributed by atoms with Crippen molar-refractivity contribution in [2.75, 3.05) is 12.8 Å². The molecule has 84 valence electrons. The fourth-order valence-electron chi connectivity index (χ4n) is 1.23. The standard InChI is InChI=1S/C11H19N3S/c1-9(2)6-12-7-10-4-5-13-11(14-10)8-15-3/h4-5,9,12H,6-8H2,1-3H3. The van der Waals surface area contributed by atoms with Crippen molar-refractivity contribution in [3.8, 4) is 0 Å². The molecule has 0 aliphatic carbocycles. The zero-order valence-corrected chi connectivity index (χ0v) is 10.5. The second kappa shape index (κ2) is 6.80. The number of nitrogens with one attached hydrogen (secondary N) is 1. The third kappa shape index (κ3) is 5.14. The van der Waals surface area contributed by atoms with Gasteiger partial charge in [0, 0.05) is 12.7 Å². The zero-order valence-electron chi connectivity index (χ0n) is 9.66. The van der Waals surface area contributed by atoms with Crippen LogP contribution in [0.25, 0.3) is 0 Å². The van der Waals surface area contributed by atoms with E-state index in [9.17, 15) is 0 Å². The summed E-state index contributed by atoms with van der Waals surface area (Å²) in [5.74, 6) is 2.49. The summed E-state index contributed by atoms with van der Waals surface area (Å²) in [6, 6.07) is 1.97. The molecule has 0 aromatic carbocycles. The number of rotatable bonds is 6. The predicted octanol–water partition coefficient (Wildman–Crippen LogP) is 2.09. The first kappa shape index (κ1) is 12.5. The van der Waals surface area contributed by atoms with Gasteiger partial charge in [0.2, 0.25) is 0 Å². The molecule has 0 atom stereocenters. The maximum atomic E-state index is 4.46. The average Bonchev–Trinajstić information content (AvgIpc) is 2.18. The summed E-state index contributed by atoms with van der Waals surface area (Å²) in [6.45, 7) is 6.27. The molecule has 0 fully saturated rings. The molecule has 1 aromatic rings. The van der Waals surface area contributed by atoms with Crippen LogP contribution in [-0.2, 0) is 12.3 Å². The molecule has 3 nitrogen and oxygen atoms in total. The normalized spacial score (nSPS) is 10.9. The first-order valence-corrected chi connectivity index (χ1v) is 6.62. The summed E-state index contributed by atoms with van der Waals surface area (Å²) in [6.07, 6.45) is 3.90. The Kier molecular flexibility index (Phi) is 5.65. The molecule has 0 radical (unpaired) electrons. The van der Waals surface area contributed by atoms with Gasteiger partial charge in [0.25, 0.3) is 0 Å². The highest BCUT2D eigenvalue weighted by atomic mass is 32.2. The molecular weight excluding hydrogens is 206 g/mol. The van der Waals surface area contributed by atoms with E-state index >= 15 is 0 Å². The highest BCUT2D eigenvalue weighted by Gasteiger charge is 1.99. The van der Waals surface area contributed by atoms with Crippen LogP contribution in [-0.4, -0.2) is 22.8 Å². The molecule has 0 unspecified atom stereocenters. The minimum absolute atomic E-state index is 0.678. The van der Waals surface area contributed by atoms with Crippen LogP contribution in [0.15, 0.2) is 12.3 Å². The molecule has 0 aliphatic heterocycles. The van der Waals surface area contributed by atoms with Gasteiger partial charge in [0.05, 0.1) is 11.4 Å². The molecule has 0 saturated heterocycles. The summed E-state index contributed by atoms with van der Waals surface area (Å²) in [5.41, 5.74) is 1.08. The highest BCUT2D eigenvalue weighted by molar-refractivity contribution is 7.97. The van der Waals surface area contributed by atoms with Crippen LogP contribution in [0.5, 0.6) is 0 Å². The summed E-state index contributed by atoms with van der Waals surface area (Å²) in [5, 5.41) is 3.37. The third-order valence-corrected chi connectivity index (χ3v) is 2.44. The van der Waals surface area contributed by atoms with E-state index in [4.69, 9.17) is 0 Å². The number of nitrogens with zero attached hydrogens (tertiary/aromatic N) is 2. The van der Waals surface area contributed by atoms with Crippen LogP contribution >= 0.6 is 11.8 Å². The Hall–Kier alpha value is -0.610. The van der Waals surface area contributed by atoms with Crippen molar-refractivity contribution in [3.05, 3.63) is 23.8 Å². The van der Waals surface area contributed by atoms with Gasteiger partial charge in [0.15, 0.2) is 0 Å². The van der Waals surface area contributed by atoms with Gasteiger partial charge in [0.1, 0.15) is 5.82 Å². The second-order valence-corrected chi connectivity index (χ2v) is 4.79. The zero-order chi connectivity index (χ0) is 11.1. The van der Waals surface area contributed by atoms with Crippen molar-refractivity contribution >= 4 is 11.8 Å². The van der Waals surface area contributed by atoms with E-state index in [1.165, 1.54) is 0 Å². The molecule has 4 heteroatoms. The van der Waals surface area contributed by atoms with Crippen LogP contribution in [0, 0.1) is 5.92 Å². The van der Waals surface area contributed by atoms with Gasteiger partial charge in [-0.1, -0.05) is 13.8 Å². The lowest BCUT2D eigenvalue weighted by molar-refractivity contribution is 0.547. The molecule has 0 amide bonds. The van der Waals surface area contributed by atoms with Crippen molar-refractivity contribution in [1.29, 1.82) is 0 Å². The maximum Gasteiger partial charge on any atom is 0.138 e. The van der Waals surface area contributed by atoms with Gasteiger partial charge >= 0.3 is 0 Å². The number of thioether (sulfide) groups is 1. The lowest BCUT2D eigenvalue weighted by Gasteiger charge is -2.07. The first-order valence-electron chi connectivity index (χ1n) is 5.23. The van der Waals surface area contributed by atoms with Crippen molar-refractivity contribution in [2.45, 2.75) is 26.1 Å². The monoisotopic (exact) mass is 225 g/mol. The Morgan fingerprint density at radius 1 is 1.47 bits per heavy atom. The van der Waals surface area contributed by atoms with Crippen LogP contribution in [0.2, 0.25) is 0 Å². The topological polar surface area (TPSA) is 37.8 Å². The predicted molar refractivity (Wildman–Crippen MR) is 65.8 cm³/mol. The minimum atomic E-state index is 0.678. The van der Waals surface area contributed by atoms with Crippen LogP contribution < -0.4 is 5.32 Å². The van der Waals surface area contributed by atoms with Crippen molar-refractivity contribution in [3.63, 3.8) is 0 Å². The molecule has 1 aromatic heterocycles. The molecule has 0 aliphatic rings. The third-order valence-electron chi connectivity index (χ3n) is 1.90. The Morgan fingerprint density at radius 3 is 2.93 bits per heavy atom. The van der Waals surface area contributed by atoms with Gasteiger partial charge in [-0.25, -0.2) is 9.97 Å². The number of hydrogen-bond acceptors (Lipinski definition) is 4. The minimum Gasteiger partial charge on any atom is -0.311 e. The smallest absolute Gasteiger partial charge is 0.138 e. The molecule has 0 bridgehead atoms. The number of aromatic nitrogens is 2. The fraction of sp³-hybridized carbons (Fsp3) is 0.636. The molecule has 0 spiro atoms. The average molecular weight is 225 g/mol. The molecular formula is C11H19N3S. The Labute approximate surface area is 96.1 Å². The van der Waals surface area contributed by atoms with Crippen molar-refractivity contribution < 1.29 is 0 Å². The lowest BCUT2D eigenvalue weighted by atomic mass is 10.2.